The summed E-state index contributed by atoms with van der Waals surface area (Å²) in [4.78, 5) is 13.4. The molecule has 1 atom stereocenters. The van der Waals surface area contributed by atoms with Crippen molar-refractivity contribution in [1.29, 1.82) is 0 Å². The number of hydrogen-bond acceptors (Lipinski definition) is 4. The molecule has 1 N–H and O–H groups in total. The van der Waals surface area contributed by atoms with Crippen molar-refractivity contribution in [2.75, 3.05) is 0 Å². The van der Waals surface area contributed by atoms with Gasteiger partial charge in [0.1, 0.15) is 0 Å². The molecule has 0 saturated heterocycles. The van der Waals surface area contributed by atoms with Crippen molar-refractivity contribution in [2.45, 2.75) is 29.5 Å². The molecule has 2 aromatic carbocycles. The lowest BCUT2D eigenvalue weighted by Gasteiger charge is -2.19. The fraction of sp³-hybridized carbons (Fsp3) is 0.211. The first kappa shape index (κ1) is 23.3. The molecule has 0 spiro atoms. The Bertz CT molecular complexity index is 885. The summed E-state index contributed by atoms with van der Waals surface area (Å²) < 4.78 is 2.09. The SMILES string of the molecule is Clc1ccc(CC[C@H](Cn2ccnc2)Sc2c(Cl)cccc2Cl)cc1.O=[N+]([O-])O. The van der Waals surface area contributed by atoms with Crippen molar-refractivity contribution >= 4 is 46.6 Å². The Balaban J connectivity index is 0.000000687. The number of benzene rings is 2. The zero-order valence-electron chi connectivity index (χ0n) is 15.1. The van der Waals surface area contributed by atoms with E-state index in [4.69, 9.17) is 50.1 Å². The number of hydrogen-bond donors (Lipinski definition) is 1. The molecule has 0 fully saturated rings. The van der Waals surface area contributed by atoms with E-state index in [0.717, 1.165) is 29.3 Å². The van der Waals surface area contributed by atoms with Gasteiger partial charge in [-0.25, -0.2) is 4.98 Å². The third kappa shape index (κ3) is 8.53. The Morgan fingerprint density at radius 2 is 1.76 bits per heavy atom. The van der Waals surface area contributed by atoms with Crippen LogP contribution in [0.3, 0.4) is 0 Å². The minimum absolute atomic E-state index is 0.322. The first-order valence-electron chi connectivity index (χ1n) is 8.49. The lowest BCUT2D eigenvalue weighted by atomic mass is 10.1. The van der Waals surface area contributed by atoms with E-state index in [1.807, 2.05) is 42.9 Å². The van der Waals surface area contributed by atoms with Crippen molar-refractivity contribution in [1.82, 2.24) is 9.55 Å². The van der Waals surface area contributed by atoms with Crippen molar-refractivity contribution in [2.24, 2.45) is 0 Å². The molecule has 0 radical (unpaired) electrons. The summed E-state index contributed by atoms with van der Waals surface area (Å²) in [5, 5.41) is 16.1. The number of nitrogens with zero attached hydrogens (tertiary/aromatic N) is 3. The van der Waals surface area contributed by atoms with Crippen LogP contribution < -0.4 is 0 Å². The second kappa shape index (κ2) is 11.9. The Morgan fingerprint density at radius 1 is 1.14 bits per heavy atom. The van der Waals surface area contributed by atoms with Crippen LogP contribution in [0.5, 0.6) is 0 Å². The third-order valence-corrected chi connectivity index (χ3v) is 6.35. The Kier molecular flexibility index (Phi) is 9.60. The zero-order valence-corrected chi connectivity index (χ0v) is 18.2. The monoisotopic (exact) mass is 473 g/mol. The lowest BCUT2D eigenvalue weighted by molar-refractivity contribution is -0.742. The highest BCUT2D eigenvalue weighted by Crippen LogP contribution is 2.38. The van der Waals surface area contributed by atoms with Gasteiger partial charge < -0.3 is 9.77 Å². The van der Waals surface area contributed by atoms with Gasteiger partial charge in [0.15, 0.2) is 0 Å². The number of thioether (sulfide) groups is 1. The van der Waals surface area contributed by atoms with Gasteiger partial charge in [0.2, 0.25) is 0 Å². The predicted octanol–water partition coefficient (Wildman–Crippen LogP) is 6.29. The molecule has 154 valence electrons. The molecule has 10 heteroatoms. The molecule has 0 aliphatic carbocycles. The van der Waals surface area contributed by atoms with E-state index in [9.17, 15) is 0 Å². The van der Waals surface area contributed by atoms with Crippen LogP contribution in [0.4, 0.5) is 0 Å². The van der Waals surface area contributed by atoms with Crippen LogP contribution in [0.2, 0.25) is 15.1 Å². The highest BCUT2D eigenvalue weighted by molar-refractivity contribution is 8.00. The summed E-state index contributed by atoms with van der Waals surface area (Å²) >= 11 is 20.4. The van der Waals surface area contributed by atoms with Gasteiger partial charge in [-0.1, -0.05) is 53.0 Å². The molecule has 0 bridgehead atoms. The quantitative estimate of drug-likeness (QED) is 0.247. The molecule has 6 nitrogen and oxygen atoms in total. The molecular weight excluding hydrogens is 457 g/mol. The smallest absolute Gasteiger partial charge is 0.291 e. The van der Waals surface area contributed by atoms with Gasteiger partial charge in [0.25, 0.3) is 5.09 Å². The van der Waals surface area contributed by atoms with E-state index in [2.05, 4.69) is 21.7 Å². The zero-order chi connectivity index (χ0) is 21.2. The molecule has 1 aromatic heterocycles. The van der Waals surface area contributed by atoms with Crippen LogP contribution in [0, 0.1) is 10.1 Å². The van der Waals surface area contributed by atoms with Gasteiger partial charge >= 0.3 is 0 Å². The van der Waals surface area contributed by atoms with Crippen molar-refractivity contribution in [3.05, 3.63) is 91.9 Å². The highest BCUT2D eigenvalue weighted by Gasteiger charge is 2.16. The number of rotatable bonds is 7. The average Bonchev–Trinajstić information content (AvgIpc) is 3.16. The lowest BCUT2D eigenvalue weighted by Crippen LogP contribution is -2.13. The molecule has 29 heavy (non-hydrogen) atoms. The maximum absolute atomic E-state index is 8.36. The minimum Gasteiger partial charge on any atom is -0.336 e. The summed E-state index contributed by atoms with van der Waals surface area (Å²) in [6, 6.07) is 13.6. The normalized spacial score (nSPS) is 11.4. The number of aryl methyl sites for hydroxylation is 1. The van der Waals surface area contributed by atoms with Crippen LogP contribution in [0.25, 0.3) is 0 Å². The molecule has 1 heterocycles. The highest BCUT2D eigenvalue weighted by atomic mass is 35.5. The van der Waals surface area contributed by atoms with Gasteiger partial charge in [-0.3, -0.25) is 0 Å². The molecular formula is C19H18Cl3N3O3S. The molecule has 3 rings (SSSR count). The third-order valence-electron chi connectivity index (χ3n) is 3.85. The minimum atomic E-state index is -1.50. The maximum atomic E-state index is 8.36. The molecule has 3 aromatic rings. The van der Waals surface area contributed by atoms with Gasteiger partial charge in [0.05, 0.1) is 16.4 Å². The second-order valence-electron chi connectivity index (χ2n) is 5.95. The molecule has 0 unspecified atom stereocenters. The van der Waals surface area contributed by atoms with Crippen LogP contribution in [-0.4, -0.2) is 25.1 Å². The fourth-order valence-corrected chi connectivity index (χ4v) is 4.53. The van der Waals surface area contributed by atoms with Crippen molar-refractivity contribution in [3.8, 4) is 0 Å². The summed E-state index contributed by atoms with van der Waals surface area (Å²) in [6.45, 7) is 0.847. The van der Waals surface area contributed by atoms with Crippen molar-refractivity contribution < 1.29 is 10.3 Å². The molecule has 0 aliphatic heterocycles. The van der Waals surface area contributed by atoms with E-state index in [-0.39, 0.29) is 0 Å². The largest absolute Gasteiger partial charge is 0.336 e. The maximum Gasteiger partial charge on any atom is 0.291 e. The van der Waals surface area contributed by atoms with Crippen LogP contribution in [0.1, 0.15) is 12.0 Å². The predicted molar refractivity (Wildman–Crippen MR) is 117 cm³/mol. The molecule has 0 saturated carbocycles. The number of aromatic nitrogens is 2. The standard InChI is InChI=1S/C19H17Cl3N2S.HNO3/c20-15-7-4-14(5-8-15)6-9-16(12-24-11-10-23-13-24)25-19-17(21)2-1-3-18(19)22;2-1(3)4/h1-5,7-8,10-11,13,16H,6,9,12H2;(H,2,3,4)/t16-;/m1./s1. The summed E-state index contributed by atoms with van der Waals surface area (Å²) in [6.07, 6.45) is 7.56. The van der Waals surface area contributed by atoms with E-state index < -0.39 is 5.09 Å². The van der Waals surface area contributed by atoms with Gasteiger partial charge in [-0.05, 0) is 42.7 Å². The molecule has 0 amide bonds. The van der Waals surface area contributed by atoms with E-state index in [0.29, 0.717) is 15.3 Å². The Hall–Kier alpha value is -1.93. The Labute approximate surface area is 187 Å². The van der Waals surface area contributed by atoms with Crippen LogP contribution >= 0.6 is 46.6 Å². The second-order valence-corrected chi connectivity index (χ2v) is 8.51. The fourth-order valence-electron chi connectivity index (χ4n) is 2.56. The van der Waals surface area contributed by atoms with E-state index in [1.165, 1.54) is 5.56 Å². The first-order valence-corrected chi connectivity index (χ1v) is 10.5. The summed E-state index contributed by atoms with van der Waals surface area (Å²) in [5.74, 6) is 0. The molecule has 0 aliphatic rings. The van der Waals surface area contributed by atoms with Crippen LogP contribution in [-0.2, 0) is 13.0 Å². The topological polar surface area (TPSA) is 81.2 Å². The summed E-state index contributed by atoms with van der Waals surface area (Å²) in [7, 11) is 0. The van der Waals surface area contributed by atoms with Gasteiger partial charge in [-0.2, -0.15) is 0 Å². The van der Waals surface area contributed by atoms with Crippen molar-refractivity contribution in [3.63, 3.8) is 0 Å². The first-order chi connectivity index (χ1) is 13.8. The van der Waals surface area contributed by atoms with Gasteiger partial charge in [-0.15, -0.1) is 21.9 Å². The van der Waals surface area contributed by atoms with Gasteiger partial charge in [0, 0.05) is 34.1 Å². The Morgan fingerprint density at radius 3 is 2.31 bits per heavy atom. The number of imidazole rings is 1. The van der Waals surface area contributed by atoms with E-state index >= 15 is 0 Å². The summed E-state index contributed by atoms with van der Waals surface area (Å²) in [5.41, 5.74) is 1.27. The van der Waals surface area contributed by atoms with Crippen LogP contribution in [0.15, 0.2) is 66.1 Å². The average molecular weight is 475 g/mol. The van der Waals surface area contributed by atoms with E-state index in [1.54, 1.807) is 18.0 Å². The number of halogens is 3.